The SMILES string of the molecule is CCc1c(CNC(C)(C)C)oc2cc(C)cc(C)c12. The Kier molecular flexibility index (Phi) is 3.73. The second-order valence-corrected chi connectivity index (χ2v) is 6.42. The van der Waals surface area contributed by atoms with Crippen LogP contribution in [-0.2, 0) is 13.0 Å². The maximum atomic E-state index is 6.08. The lowest BCUT2D eigenvalue weighted by Crippen LogP contribution is -2.35. The predicted molar refractivity (Wildman–Crippen MR) is 81.7 cm³/mol. The monoisotopic (exact) mass is 259 g/mol. The average Bonchev–Trinajstić information content (AvgIpc) is 2.63. The van der Waals surface area contributed by atoms with Crippen molar-refractivity contribution in [3.8, 4) is 0 Å². The second kappa shape index (κ2) is 5.01. The number of hydrogen-bond donors (Lipinski definition) is 1. The van der Waals surface area contributed by atoms with E-state index in [9.17, 15) is 0 Å². The Balaban J connectivity index is 2.47. The lowest BCUT2D eigenvalue weighted by atomic mass is 10.0. The zero-order valence-corrected chi connectivity index (χ0v) is 13.0. The van der Waals surface area contributed by atoms with Crippen LogP contribution in [-0.4, -0.2) is 5.54 Å². The van der Waals surface area contributed by atoms with E-state index in [0.29, 0.717) is 0 Å². The molecule has 19 heavy (non-hydrogen) atoms. The van der Waals surface area contributed by atoms with E-state index in [0.717, 1.165) is 24.3 Å². The molecule has 0 amide bonds. The molecule has 2 aromatic rings. The van der Waals surface area contributed by atoms with Crippen molar-refractivity contribution in [1.82, 2.24) is 5.32 Å². The van der Waals surface area contributed by atoms with Gasteiger partial charge in [-0.25, -0.2) is 0 Å². The van der Waals surface area contributed by atoms with Crippen LogP contribution in [0.4, 0.5) is 0 Å². The van der Waals surface area contributed by atoms with E-state index < -0.39 is 0 Å². The van der Waals surface area contributed by atoms with Gasteiger partial charge in [0.1, 0.15) is 11.3 Å². The van der Waals surface area contributed by atoms with Crippen molar-refractivity contribution in [3.05, 3.63) is 34.6 Å². The Morgan fingerprint density at radius 1 is 1.16 bits per heavy atom. The van der Waals surface area contributed by atoms with Crippen LogP contribution in [0.25, 0.3) is 11.0 Å². The minimum absolute atomic E-state index is 0.106. The van der Waals surface area contributed by atoms with Crippen molar-refractivity contribution in [2.75, 3.05) is 0 Å². The van der Waals surface area contributed by atoms with Gasteiger partial charge >= 0.3 is 0 Å². The maximum Gasteiger partial charge on any atom is 0.135 e. The average molecular weight is 259 g/mol. The first-order valence-corrected chi connectivity index (χ1v) is 7.08. The van der Waals surface area contributed by atoms with Crippen molar-refractivity contribution in [2.45, 2.75) is 60.0 Å². The summed E-state index contributed by atoms with van der Waals surface area (Å²) in [6, 6.07) is 4.38. The minimum atomic E-state index is 0.106. The summed E-state index contributed by atoms with van der Waals surface area (Å²) in [6.45, 7) is 13.8. The quantitative estimate of drug-likeness (QED) is 0.878. The van der Waals surface area contributed by atoms with Gasteiger partial charge in [0, 0.05) is 16.5 Å². The van der Waals surface area contributed by atoms with Crippen molar-refractivity contribution in [2.24, 2.45) is 0 Å². The molecule has 0 saturated carbocycles. The fraction of sp³-hybridized carbons (Fsp3) is 0.529. The van der Waals surface area contributed by atoms with Gasteiger partial charge in [0.05, 0.1) is 6.54 Å². The standard InChI is InChI=1S/C17H25NO/c1-7-13-15(10-18-17(4,5)6)19-14-9-11(2)8-12(3)16(13)14/h8-9,18H,7,10H2,1-6H3. The molecule has 0 atom stereocenters. The molecule has 0 unspecified atom stereocenters. The highest BCUT2D eigenvalue weighted by Crippen LogP contribution is 2.30. The zero-order chi connectivity index (χ0) is 14.2. The van der Waals surface area contributed by atoms with Crippen LogP contribution in [0.1, 0.15) is 50.1 Å². The van der Waals surface area contributed by atoms with Gasteiger partial charge in [-0.05, 0) is 58.2 Å². The third-order valence-electron chi connectivity index (χ3n) is 3.45. The smallest absolute Gasteiger partial charge is 0.135 e. The first-order valence-electron chi connectivity index (χ1n) is 7.08. The molecule has 0 radical (unpaired) electrons. The fourth-order valence-corrected chi connectivity index (χ4v) is 2.59. The lowest BCUT2D eigenvalue weighted by molar-refractivity contribution is 0.393. The molecule has 0 fully saturated rings. The van der Waals surface area contributed by atoms with Crippen molar-refractivity contribution >= 4 is 11.0 Å². The fourth-order valence-electron chi connectivity index (χ4n) is 2.59. The Morgan fingerprint density at radius 3 is 2.42 bits per heavy atom. The summed E-state index contributed by atoms with van der Waals surface area (Å²) < 4.78 is 6.08. The molecular formula is C17H25NO. The summed E-state index contributed by atoms with van der Waals surface area (Å²) in [5.74, 6) is 1.08. The van der Waals surface area contributed by atoms with Crippen LogP contribution in [0.5, 0.6) is 0 Å². The minimum Gasteiger partial charge on any atom is -0.459 e. The first-order chi connectivity index (χ1) is 8.81. The number of fused-ring (bicyclic) bond motifs is 1. The van der Waals surface area contributed by atoms with Crippen LogP contribution < -0.4 is 5.32 Å². The van der Waals surface area contributed by atoms with Gasteiger partial charge in [0.2, 0.25) is 0 Å². The van der Waals surface area contributed by atoms with Gasteiger partial charge in [-0.3, -0.25) is 0 Å². The number of nitrogens with one attached hydrogen (secondary N) is 1. The summed E-state index contributed by atoms with van der Waals surface area (Å²) in [6.07, 6.45) is 1.01. The number of furan rings is 1. The van der Waals surface area contributed by atoms with E-state index >= 15 is 0 Å². The number of rotatable bonds is 3. The van der Waals surface area contributed by atoms with Crippen molar-refractivity contribution < 1.29 is 4.42 Å². The van der Waals surface area contributed by atoms with E-state index in [4.69, 9.17) is 4.42 Å². The molecule has 0 aliphatic carbocycles. The molecule has 1 N–H and O–H groups in total. The highest BCUT2D eigenvalue weighted by molar-refractivity contribution is 5.86. The van der Waals surface area contributed by atoms with E-state index in [2.05, 4.69) is 59.0 Å². The molecule has 1 aromatic carbocycles. The third-order valence-corrected chi connectivity index (χ3v) is 3.45. The summed E-state index contributed by atoms with van der Waals surface area (Å²) in [5, 5.41) is 4.82. The summed E-state index contributed by atoms with van der Waals surface area (Å²) in [7, 11) is 0. The van der Waals surface area contributed by atoms with E-state index in [1.807, 2.05) is 0 Å². The van der Waals surface area contributed by atoms with Gasteiger partial charge in [-0.15, -0.1) is 0 Å². The van der Waals surface area contributed by atoms with Crippen LogP contribution in [0.15, 0.2) is 16.5 Å². The molecule has 2 nitrogen and oxygen atoms in total. The lowest BCUT2D eigenvalue weighted by Gasteiger charge is -2.19. The largest absolute Gasteiger partial charge is 0.459 e. The van der Waals surface area contributed by atoms with Crippen molar-refractivity contribution in [1.29, 1.82) is 0 Å². The van der Waals surface area contributed by atoms with Gasteiger partial charge in [0.15, 0.2) is 0 Å². The second-order valence-electron chi connectivity index (χ2n) is 6.42. The molecule has 0 aliphatic heterocycles. The first kappa shape index (κ1) is 14.1. The highest BCUT2D eigenvalue weighted by Gasteiger charge is 2.17. The molecule has 0 aliphatic rings. The highest BCUT2D eigenvalue weighted by atomic mass is 16.3. The predicted octanol–water partition coefficient (Wildman–Crippen LogP) is 4.50. The van der Waals surface area contributed by atoms with Crippen LogP contribution >= 0.6 is 0 Å². The molecule has 0 bridgehead atoms. The van der Waals surface area contributed by atoms with Gasteiger partial charge in [-0.2, -0.15) is 0 Å². The molecular weight excluding hydrogens is 234 g/mol. The van der Waals surface area contributed by atoms with Crippen LogP contribution in [0.2, 0.25) is 0 Å². The normalized spacial score (nSPS) is 12.3. The number of hydrogen-bond acceptors (Lipinski definition) is 2. The molecule has 0 spiro atoms. The van der Waals surface area contributed by atoms with Crippen LogP contribution in [0, 0.1) is 13.8 Å². The molecule has 104 valence electrons. The topological polar surface area (TPSA) is 25.2 Å². The molecule has 0 saturated heterocycles. The Bertz CT molecular complexity index is 587. The third kappa shape index (κ3) is 3.01. The molecule has 1 aromatic heterocycles. The van der Waals surface area contributed by atoms with Gasteiger partial charge in [0.25, 0.3) is 0 Å². The molecule has 1 heterocycles. The molecule has 2 rings (SSSR count). The van der Waals surface area contributed by atoms with Gasteiger partial charge < -0.3 is 9.73 Å². The zero-order valence-electron chi connectivity index (χ0n) is 13.0. The molecule has 2 heteroatoms. The summed E-state index contributed by atoms with van der Waals surface area (Å²) in [4.78, 5) is 0. The Morgan fingerprint density at radius 2 is 1.84 bits per heavy atom. The number of benzene rings is 1. The van der Waals surface area contributed by atoms with Crippen LogP contribution in [0.3, 0.4) is 0 Å². The Hall–Kier alpha value is -1.28. The van der Waals surface area contributed by atoms with E-state index in [-0.39, 0.29) is 5.54 Å². The summed E-state index contributed by atoms with van der Waals surface area (Å²) in [5.41, 5.74) is 5.06. The van der Waals surface area contributed by atoms with Crippen molar-refractivity contribution in [3.63, 3.8) is 0 Å². The van der Waals surface area contributed by atoms with E-state index in [1.165, 1.54) is 22.1 Å². The maximum absolute atomic E-state index is 6.08. The summed E-state index contributed by atoms with van der Waals surface area (Å²) >= 11 is 0. The Labute approximate surface area is 116 Å². The van der Waals surface area contributed by atoms with E-state index in [1.54, 1.807) is 0 Å². The van der Waals surface area contributed by atoms with Gasteiger partial charge in [-0.1, -0.05) is 13.0 Å². The number of aryl methyl sites for hydroxylation is 3.